The Bertz CT molecular complexity index is 1290. The van der Waals surface area contributed by atoms with E-state index in [-0.39, 0.29) is 37.0 Å². The summed E-state index contributed by atoms with van der Waals surface area (Å²) < 4.78 is 50.4. The van der Waals surface area contributed by atoms with E-state index in [0.717, 1.165) is 11.6 Å². The zero-order chi connectivity index (χ0) is 27.9. The lowest BCUT2D eigenvalue weighted by Gasteiger charge is -2.26. The van der Waals surface area contributed by atoms with E-state index < -0.39 is 17.2 Å². The monoisotopic (exact) mass is 541 g/mol. The number of nitrogens with zero attached hydrogens (tertiary/aromatic N) is 1. The number of anilines is 2. The third-order valence-electron chi connectivity index (χ3n) is 6.83. The first-order valence-corrected chi connectivity index (χ1v) is 12.6. The summed E-state index contributed by atoms with van der Waals surface area (Å²) in [4.78, 5) is 29.8. The van der Waals surface area contributed by atoms with E-state index in [1.807, 2.05) is 0 Å². The van der Waals surface area contributed by atoms with Crippen LogP contribution in [-0.4, -0.2) is 37.0 Å². The van der Waals surface area contributed by atoms with Gasteiger partial charge in [-0.3, -0.25) is 9.59 Å². The van der Waals surface area contributed by atoms with Gasteiger partial charge in [0.2, 0.25) is 11.8 Å². The Kier molecular flexibility index (Phi) is 8.86. The lowest BCUT2D eigenvalue weighted by Crippen LogP contribution is -2.41. The molecular formula is C29H30F3N3O4. The molecule has 206 valence electrons. The zero-order valence-electron chi connectivity index (χ0n) is 21.5. The van der Waals surface area contributed by atoms with Crippen LogP contribution >= 0.6 is 0 Å². The van der Waals surface area contributed by atoms with Crippen LogP contribution in [-0.2, 0) is 22.3 Å². The van der Waals surface area contributed by atoms with Crippen molar-refractivity contribution >= 4 is 23.1 Å². The predicted molar refractivity (Wildman–Crippen MR) is 140 cm³/mol. The van der Waals surface area contributed by atoms with Crippen molar-refractivity contribution in [1.29, 1.82) is 0 Å². The normalized spacial score (nSPS) is 17.0. The molecule has 4 rings (SSSR count). The van der Waals surface area contributed by atoms with Crippen LogP contribution < -0.4 is 15.4 Å². The maximum absolute atomic E-state index is 13.3. The summed E-state index contributed by atoms with van der Waals surface area (Å²) in [5.41, 5.74) is 0.331. The number of carbonyl (C=O) groups is 2. The Morgan fingerprint density at radius 3 is 2.56 bits per heavy atom. The second-order valence-corrected chi connectivity index (χ2v) is 9.49. The molecule has 2 heterocycles. The van der Waals surface area contributed by atoms with Crippen LogP contribution in [0.15, 0.2) is 66.9 Å². The molecule has 1 aliphatic heterocycles. The third kappa shape index (κ3) is 7.14. The first-order chi connectivity index (χ1) is 18.7. The van der Waals surface area contributed by atoms with Gasteiger partial charge >= 0.3 is 6.18 Å². The van der Waals surface area contributed by atoms with Gasteiger partial charge in [-0.15, -0.1) is 0 Å². The van der Waals surface area contributed by atoms with Gasteiger partial charge < -0.3 is 20.1 Å². The molecule has 1 saturated heterocycles. The maximum Gasteiger partial charge on any atom is 0.418 e. The molecule has 1 amide bonds. The van der Waals surface area contributed by atoms with Crippen LogP contribution in [0, 0.1) is 5.41 Å². The second-order valence-electron chi connectivity index (χ2n) is 9.49. The smallest absolute Gasteiger partial charge is 0.418 e. The number of pyridine rings is 1. The summed E-state index contributed by atoms with van der Waals surface area (Å²) in [5, 5.41) is 5.78. The summed E-state index contributed by atoms with van der Waals surface area (Å²) >= 11 is 0. The van der Waals surface area contributed by atoms with Gasteiger partial charge in [-0.2, -0.15) is 13.2 Å². The minimum Gasteiger partial charge on any atom is -0.481 e. The van der Waals surface area contributed by atoms with Crippen molar-refractivity contribution in [2.24, 2.45) is 5.41 Å². The summed E-state index contributed by atoms with van der Waals surface area (Å²) in [6, 6.07) is 15.4. The van der Waals surface area contributed by atoms with Gasteiger partial charge in [-0.05, 0) is 55.2 Å². The van der Waals surface area contributed by atoms with E-state index in [1.165, 1.54) is 31.5 Å². The van der Waals surface area contributed by atoms with Crippen molar-refractivity contribution in [2.45, 2.75) is 38.4 Å². The van der Waals surface area contributed by atoms with Crippen molar-refractivity contribution in [3.8, 4) is 5.88 Å². The molecule has 1 aromatic heterocycles. The number of ether oxygens (including phenoxy) is 2. The topological polar surface area (TPSA) is 89.6 Å². The summed E-state index contributed by atoms with van der Waals surface area (Å²) in [7, 11) is 1.49. The lowest BCUT2D eigenvalue weighted by atomic mass is 9.80. The SMILES string of the molecule is COc1cc(C(=O)CCCC2(C(=O)NCc3ccc(Nc4ccccc4C(F)(F)F)cc3)CCOC2)ccn1. The molecule has 1 unspecified atom stereocenters. The molecule has 0 spiro atoms. The molecule has 0 bridgehead atoms. The predicted octanol–water partition coefficient (Wildman–Crippen LogP) is 5.93. The van der Waals surface area contributed by atoms with Crippen LogP contribution in [0.3, 0.4) is 0 Å². The Balaban J connectivity index is 1.31. The number of hydrogen-bond acceptors (Lipinski definition) is 6. The van der Waals surface area contributed by atoms with Gasteiger partial charge in [-0.25, -0.2) is 4.98 Å². The second kappa shape index (κ2) is 12.3. The number of alkyl halides is 3. The van der Waals surface area contributed by atoms with Crippen molar-refractivity contribution in [3.63, 3.8) is 0 Å². The molecule has 10 heteroatoms. The maximum atomic E-state index is 13.3. The standard InChI is InChI=1S/C29H30F3N3O4/c1-38-26-17-21(12-15-33-26)25(36)7-4-13-28(14-16-39-19-28)27(37)34-18-20-8-10-22(11-9-20)35-24-6-3-2-5-23(24)29(30,31)32/h2-3,5-6,8-12,15,17,35H,4,7,13-14,16,18-19H2,1H3,(H,34,37). The molecule has 1 fully saturated rings. The van der Waals surface area contributed by atoms with Crippen LogP contribution in [0.4, 0.5) is 24.5 Å². The fraction of sp³-hybridized carbons (Fsp3) is 0.345. The highest BCUT2D eigenvalue weighted by molar-refractivity contribution is 5.96. The lowest BCUT2D eigenvalue weighted by molar-refractivity contribution is -0.137. The number of ketones is 1. The molecule has 39 heavy (non-hydrogen) atoms. The quantitative estimate of drug-likeness (QED) is 0.293. The Hall–Kier alpha value is -3.92. The van der Waals surface area contributed by atoms with Gasteiger partial charge in [-0.1, -0.05) is 24.3 Å². The summed E-state index contributed by atoms with van der Waals surface area (Å²) in [6.07, 6.45) is -1.05. The number of Topliss-reactive ketones (excluding diaryl/α,β-unsaturated/α-hetero) is 1. The number of benzene rings is 2. The molecule has 1 atom stereocenters. The van der Waals surface area contributed by atoms with E-state index in [2.05, 4.69) is 15.6 Å². The highest BCUT2D eigenvalue weighted by Crippen LogP contribution is 2.36. The minimum atomic E-state index is -4.46. The number of methoxy groups -OCH3 is 1. The minimum absolute atomic E-state index is 0.0317. The molecule has 2 N–H and O–H groups in total. The van der Waals surface area contributed by atoms with Crippen molar-refractivity contribution < 1.29 is 32.2 Å². The van der Waals surface area contributed by atoms with Gasteiger partial charge in [0.1, 0.15) is 0 Å². The molecule has 2 aromatic carbocycles. The number of hydrogen-bond donors (Lipinski definition) is 2. The highest BCUT2D eigenvalue weighted by Gasteiger charge is 2.41. The average molecular weight is 542 g/mol. The van der Waals surface area contributed by atoms with Crippen LogP contribution in [0.5, 0.6) is 5.88 Å². The molecular weight excluding hydrogens is 511 g/mol. The largest absolute Gasteiger partial charge is 0.481 e. The number of para-hydroxylation sites is 1. The Labute approximate surface area is 224 Å². The number of amides is 1. The fourth-order valence-electron chi connectivity index (χ4n) is 4.59. The Morgan fingerprint density at radius 2 is 1.87 bits per heavy atom. The number of halogens is 3. The average Bonchev–Trinajstić information content (AvgIpc) is 3.42. The molecule has 1 aliphatic rings. The molecule has 3 aromatic rings. The first kappa shape index (κ1) is 28.1. The van der Waals surface area contributed by atoms with Crippen molar-refractivity contribution in [2.75, 3.05) is 25.6 Å². The van der Waals surface area contributed by atoms with E-state index in [1.54, 1.807) is 36.4 Å². The van der Waals surface area contributed by atoms with Gasteiger partial charge in [0.05, 0.1) is 30.4 Å². The summed E-state index contributed by atoms with van der Waals surface area (Å²) in [6.45, 7) is 1.02. The van der Waals surface area contributed by atoms with Gasteiger partial charge in [0.25, 0.3) is 0 Å². The first-order valence-electron chi connectivity index (χ1n) is 12.6. The van der Waals surface area contributed by atoms with Crippen LogP contribution in [0.25, 0.3) is 0 Å². The summed E-state index contributed by atoms with van der Waals surface area (Å²) in [5.74, 6) is 0.187. The number of nitrogens with one attached hydrogen (secondary N) is 2. The molecule has 0 aliphatic carbocycles. The van der Waals surface area contributed by atoms with E-state index in [0.29, 0.717) is 43.0 Å². The van der Waals surface area contributed by atoms with Gasteiger partial charge in [0, 0.05) is 43.1 Å². The third-order valence-corrected chi connectivity index (χ3v) is 6.83. The van der Waals surface area contributed by atoms with Crippen LogP contribution in [0.1, 0.15) is 47.2 Å². The van der Waals surface area contributed by atoms with Crippen molar-refractivity contribution in [1.82, 2.24) is 10.3 Å². The zero-order valence-corrected chi connectivity index (χ0v) is 21.5. The number of carbonyl (C=O) groups excluding carboxylic acids is 2. The van der Waals surface area contributed by atoms with E-state index in [4.69, 9.17) is 9.47 Å². The van der Waals surface area contributed by atoms with Gasteiger partial charge in [0.15, 0.2) is 5.78 Å². The highest BCUT2D eigenvalue weighted by atomic mass is 19.4. The molecule has 0 radical (unpaired) electrons. The molecule has 7 nitrogen and oxygen atoms in total. The number of rotatable bonds is 11. The molecule has 0 saturated carbocycles. The van der Waals surface area contributed by atoms with E-state index in [9.17, 15) is 22.8 Å². The fourth-order valence-corrected chi connectivity index (χ4v) is 4.59. The van der Waals surface area contributed by atoms with Crippen molar-refractivity contribution in [3.05, 3.63) is 83.6 Å². The number of aromatic nitrogens is 1. The van der Waals surface area contributed by atoms with E-state index >= 15 is 0 Å². The Morgan fingerprint density at radius 1 is 1.10 bits per heavy atom. The van der Waals surface area contributed by atoms with Crippen LogP contribution in [0.2, 0.25) is 0 Å².